The molecule has 9 heteroatoms. The van der Waals surface area contributed by atoms with E-state index in [1.807, 2.05) is 0 Å². The predicted octanol–water partition coefficient (Wildman–Crippen LogP) is 3.63. The molecule has 0 unspecified atom stereocenters. The highest BCUT2D eigenvalue weighted by Gasteiger charge is 2.33. The van der Waals surface area contributed by atoms with Crippen molar-refractivity contribution in [2.24, 2.45) is 0 Å². The Morgan fingerprint density at radius 1 is 1.18 bits per heavy atom. The second-order valence-electron chi connectivity index (χ2n) is 6.14. The molecular weight excluding hydrogens is 371 g/mol. The first-order valence-corrected chi connectivity index (χ1v) is 8.43. The number of nitrogens with one attached hydrogen (secondary N) is 1. The maximum Gasteiger partial charge on any atom is 0.416 e. The van der Waals surface area contributed by atoms with E-state index in [0.29, 0.717) is 5.82 Å². The normalized spacial score (nSPS) is 11.3. The number of halogens is 3. The molecule has 0 saturated carbocycles. The third kappa shape index (κ3) is 4.67. The van der Waals surface area contributed by atoms with Gasteiger partial charge in [-0.3, -0.25) is 0 Å². The van der Waals surface area contributed by atoms with Gasteiger partial charge < -0.3 is 10.2 Å². The summed E-state index contributed by atoms with van der Waals surface area (Å²) in [6, 6.07) is 10.1. The average molecular weight is 389 g/mol. The van der Waals surface area contributed by atoms with Crippen LogP contribution in [-0.4, -0.2) is 32.7 Å². The molecule has 0 aliphatic carbocycles. The molecule has 2 amide bonds. The summed E-state index contributed by atoms with van der Waals surface area (Å²) in [5.74, 6) is 0.640. The van der Waals surface area contributed by atoms with E-state index in [4.69, 9.17) is 0 Å². The Kier molecular flexibility index (Phi) is 5.62. The van der Waals surface area contributed by atoms with Crippen LogP contribution in [0.2, 0.25) is 0 Å². The lowest BCUT2D eigenvalue weighted by atomic mass is 10.1. The van der Waals surface area contributed by atoms with Crippen molar-refractivity contribution in [2.45, 2.75) is 19.3 Å². The minimum absolute atomic E-state index is 0.0397. The average Bonchev–Trinajstić information content (AvgIpc) is 3.21. The molecule has 0 atom stereocenters. The number of urea groups is 1. The molecule has 1 N–H and O–H groups in total. The lowest BCUT2D eigenvalue weighted by Gasteiger charge is -2.20. The largest absolute Gasteiger partial charge is 0.416 e. The number of hydrogen-bond donors (Lipinski definition) is 1. The first-order chi connectivity index (χ1) is 13.3. The van der Waals surface area contributed by atoms with Crippen LogP contribution in [0.1, 0.15) is 16.7 Å². The smallest absolute Gasteiger partial charge is 0.334 e. The van der Waals surface area contributed by atoms with Crippen LogP contribution in [0.5, 0.6) is 0 Å². The van der Waals surface area contributed by atoms with Crippen LogP contribution < -0.4 is 5.32 Å². The highest BCUT2D eigenvalue weighted by molar-refractivity contribution is 5.73. The van der Waals surface area contributed by atoms with Crippen LogP contribution in [0, 0.1) is 0 Å². The first kappa shape index (κ1) is 19.4. The number of rotatable bonds is 5. The molecule has 1 aromatic carbocycles. The zero-order chi connectivity index (χ0) is 20.1. The molecule has 6 nitrogen and oxygen atoms in total. The van der Waals surface area contributed by atoms with Gasteiger partial charge in [0.05, 0.1) is 5.56 Å². The number of carbonyl (C=O) groups is 1. The summed E-state index contributed by atoms with van der Waals surface area (Å²) in [5.41, 5.74) is 0.0549. The zero-order valence-corrected chi connectivity index (χ0v) is 15.0. The molecule has 3 aromatic rings. The van der Waals surface area contributed by atoms with Gasteiger partial charge in [0, 0.05) is 38.7 Å². The van der Waals surface area contributed by atoms with E-state index in [1.54, 1.807) is 41.5 Å². The number of benzene rings is 1. The fraction of sp³-hybridized carbons (Fsp3) is 0.211. The Labute approximate surface area is 159 Å². The van der Waals surface area contributed by atoms with Gasteiger partial charge >= 0.3 is 12.2 Å². The summed E-state index contributed by atoms with van der Waals surface area (Å²) < 4.78 is 40.8. The Morgan fingerprint density at radius 2 is 1.96 bits per heavy atom. The van der Waals surface area contributed by atoms with Crippen LogP contribution in [0.25, 0.3) is 5.82 Å². The quantitative estimate of drug-likeness (QED) is 0.725. The second-order valence-corrected chi connectivity index (χ2v) is 6.14. The third-order valence-electron chi connectivity index (χ3n) is 4.07. The lowest BCUT2D eigenvalue weighted by molar-refractivity contribution is -0.138. The van der Waals surface area contributed by atoms with Gasteiger partial charge in [0.15, 0.2) is 5.82 Å². The Bertz CT molecular complexity index is 923. The van der Waals surface area contributed by atoms with E-state index in [9.17, 15) is 18.0 Å². The molecule has 3 rings (SSSR count). The van der Waals surface area contributed by atoms with Crippen molar-refractivity contribution >= 4 is 6.03 Å². The van der Waals surface area contributed by atoms with Crippen LogP contribution in [0.4, 0.5) is 18.0 Å². The van der Waals surface area contributed by atoms with Gasteiger partial charge in [0.25, 0.3) is 0 Å². The van der Waals surface area contributed by atoms with Crippen LogP contribution >= 0.6 is 0 Å². The number of pyridine rings is 1. The maximum absolute atomic E-state index is 13.1. The van der Waals surface area contributed by atoms with Crippen LogP contribution in [0.15, 0.2) is 61.1 Å². The topological polar surface area (TPSA) is 63.1 Å². The van der Waals surface area contributed by atoms with Crippen molar-refractivity contribution in [3.63, 3.8) is 0 Å². The molecule has 0 radical (unpaired) electrons. The van der Waals surface area contributed by atoms with Crippen LogP contribution in [0.3, 0.4) is 0 Å². The fourth-order valence-electron chi connectivity index (χ4n) is 2.64. The Balaban J connectivity index is 1.58. The predicted molar refractivity (Wildman–Crippen MR) is 96.5 cm³/mol. The van der Waals surface area contributed by atoms with Crippen molar-refractivity contribution in [1.82, 2.24) is 25.0 Å². The summed E-state index contributed by atoms with van der Waals surface area (Å²) in [4.78, 5) is 17.7. The lowest BCUT2D eigenvalue weighted by Crippen LogP contribution is -2.36. The van der Waals surface area contributed by atoms with Crippen molar-refractivity contribution < 1.29 is 18.0 Å². The SMILES string of the molecule is CN(Cc1ccccc1C(F)(F)F)C(=O)NCc1ccc(-n2cccn2)nc1. The van der Waals surface area contributed by atoms with Gasteiger partial charge in [0.1, 0.15) is 0 Å². The van der Waals surface area contributed by atoms with Gasteiger partial charge in [-0.05, 0) is 29.3 Å². The van der Waals surface area contributed by atoms with E-state index in [0.717, 1.165) is 11.6 Å². The number of hydrogen-bond acceptors (Lipinski definition) is 3. The fourth-order valence-corrected chi connectivity index (χ4v) is 2.64. The summed E-state index contributed by atoms with van der Waals surface area (Å²) >= 11 is 0. The summed E-state index contributed by atoms with van der Waals surface area (Å²) in [6.45, 7) is 0.0501. The van der Waals surface area contributed by atoms with Crippen LogP contribution in [-0.2, 0) is 19.3 Å². The molecule has 0 saturated heterocycles. The van der Waals surface area contributed by atoms with E-state index < -0.39 is 17.8 Å². The highest BCUT2D eigenvalue weighted by atomic mass is 19.4. The standard InChI is InChI=1S/C19H18F3N5O/c1-26(13-15-5-2-3-6-16(15)19(20,21)22)18(28)24-12-14-7-8-17(23-11-14)27-10-4-9-25-27/h2-11H,12-13H2,1H3,(H,24,28). The number of aromatic nitrogens is 3. The van der Waals surface area contributed by atoms with Crippen molar-refractivity contribution in [1.29, 1.82) is 0 Å². The molecule has 28 heavy (non-hydrogen) atoms. The molecule has 2 aromatic heterocycles. The minimum Gasteiger partial charge on any atom is -0.334 e. The van der Waals surface area contributed by atoms with Gasteiger partial charge in [-0.25, -0.2) is 14.5 Å². The second kappa shape index (κ2) is 8.12. The summed E-state index contributed by atoms with van der Waals surface area (Å²) in [7, 11) is 1.45. The Morgan fingerprint density at radius 3 is 2.61 bits per heavy atom. The summed E-state index contributed by atoms with van der Waals surface area (Å²) in [6.07, 6.45) is 0.548. The number of nitrogens with zero attached hydrogens (tertiary/aromatic N) is 4. The van der Waals surface area contributed by atoms with Crippen molar-refractivity contribution in [2.75, 3.05) is 7.05 Å². The van der Waals surface area contributed by atoms with Gasteiger partial charge in [0.2, 0.25) is 0 Å². The molecule has 0 aliphatic heterocycles. The van der Waals surface area contributed by atoms with E-state index in [1.165, 1.54) is 30.1 Å². The molecule has 0 bridgehead atoms. The Hall–Kier alpha value is -3.36. The third-order valence-corrected chi connectivity index (χ3v) is 4.07. The van der Waals surface area contributed by atoms with Crippen molar-refractivity contribution in [3.8, 4) is 5.82 Å². The monoisotopic (exact) mass is 389 g/mol. The molecular formula is C19H18F3N5O. The first-order valence-electron chi connectivity index (χ1n) is 8.43. The van der Waals surface area contributed by atoms with Gasteiger partial charge in [-0.15, -0.1) is 0 Å². The van der Waals surface area contributed by atoms with Crippen molar-refractivity contribution in [3.05, 3.63) is 77.7 Å². The minimum atomic E-state index is -4.46. The number of alkyl halides is 3. The molecule has 0 fully saturated rings. The molecule has 0 spiro atoms. The van der Waals surface area contributed by atoms with Gasteiger partial charge in [-0.1, -0.05) is 24.3 Å². The highest BCUT2D eigenvalue weighted by Crippen LogP contribution is 2.32. The molecule has 0 aliphatic rings. The zero-order valence-electron chi connectivity index (χ0n) is 15.0. The van der Waals surface area contributed by atoms with E-state index in [2.05, 4.69) is 15.4 Å². The van der Waals surface area contributed by atoms with E-state index in [-0.39, 0.29) is 18.7 Å². The van der Waals surface area contributed by atoms with Gasteiger partial charge in [-0.2, -0.15) is 18.3 Å². The summed E-state index contributed by atoms with van der Waals surface area (Å²) in [5, 5.41) is 6.75. The maximum atomic E-state index is 13.1. The molecule has 2 heterocycles. The number of carbonyl (C=O) groups excluding carboxylic acids is 1. The van der Waals surface area contributed by atoms with E-state index >= 15 is 0 Å². The molecule has 146 valence electrons. The number of amides is 2.